The lowest BCUT2D eigenvalue weighted by Gasteiger charge is -2.13. The number of carbonyl (C=O) groups excluding carboxylic acids is 1. The summed E-state index contributed by atoms with van der Waals surface area (Å²) in [6, 6.07) is 14.3. The first-order valence-electron chi connectivity index (χ1n) is 7.79. The van der Waals surface area contributed by atoms with Crippen LogP contribution in [0.25, 0.3) is 0 Å². The number of benzene rings is 2. The summed E-state index contributed by atoms with van der Waals surface area (Å²) in [5.74, 6) is 0.404. The second-order valence-corrected chi connectivity index (χ2v) is 6.00. The molecule has 26 heavy (non-hydrogen) atoms. The Kier molecular flexibility index (Phi) is 5.19. The van der Waals surface area contributed by atoms with Crippen LogP contribution in [0, 0.1) is 6.92 Å². The molecule has 3 aromatic rings. The SMILES string of the molecule is Cc1ccc(C(=O)NNc2ncnc(Nc3ccc(Cl)cc3)c2N)cc1. The molecule has 0 aliphatic rings. The Bertz CT molecular complexity index is 912. The lowest BCUT2D eigenvalue weighted by molar-refractivity contribution is 0.0962. The molecule has 0 unspecified atom stereocenters. The molecule has 132 valence electrons. The highest BCUT2D eigenvalue weighted by atomic mass is 35.5. The summed E-state index contributed by atoms with van der Waals surface area (Å²) in [5.41, 5.74) is 14.0. The lowest BCUT2D eigenvalue weighted by Crippen LogP contribution is -2.30. The molecular weight excluding hydrogens is 352 g/mol. The summed E-state index contributed by atoms with van der Waals surface area (Å²) in [6.07, 6.45) is 1.34. The quantitative estimate of drug-likeness (QED) is 0.513. The zero-order valence-corrected chi connectivity index (χ0v) is 14.7. The average Bonchev–Trinajstić information content (AvgIpc) is 2.64. The number of halogens is 1. The number of nitrogens with two attached hydrogens (primary N) is 1. The second kappa shape index (κ2) is 7.71. The first kappa shape index (κ1) is 17.5. The summed E-state index contributed by atoms with van der Waals surface area (Å²) in [5, 5.41) is 3.71. The Morgan fingerprint density at radius 3 is 2.35 bits per heavy atom. The molecule has 1 aromatic heterocycles. The third-order valence-corrected chi connectivity index (χ3v) is 3.85. The number of aryl methyl sites for hydroxylation is 1. The second-order valence-electron chi connectivity index (χ2n) is 5.56. The Morgan fingerprint density at radius 2 is 1.65 bits per heavy atom. The maximum Gasteiger partial charge on any atom is 0.269 e. The van der Waals surface area contributed by atoms with Crippen molar-refractivity contribution in [3.8, 4) is 0 Å². The maximum absolute atomic E-state index is 12.2. The van der Waals surface area contributed by atoms with Crippen LogP contribution >= 0.6 is 11.6 Å². The van der Waals surface area contributed by atoms with Gasteiger partial charge in [0.2, 0.25) is 0 Å². The molecule has 5 N–H and O–H groups in total. The highest BCUT2D eigenvalue weighted by molar-refractivity contribution is 6.30. The molecule has 0 aliphatic heterocycles. The van der Waals surface area contributed by atoms with Crippen molar-refractivity contribution in [2.24, 2.45) is 0 Å². The first-order chi connectivity index (χ1) is 12.5. The van der Waals surface area contributed by atoms with Crippen molar-refractivity contribution in [3.05, 3.63) is 71.0 Å². The summed E-state index contributed by atoms with van der Waals surface area (Å²) in [6.45, 7) is 1.96. The van der Waals surface area contributed by atoms with Crippen molar-refractivity contribution < 1.29 is 4.79 Å². The minimum Gasteiger partial charge on any atom is -0.393 e. The summed E-state index contributed by atoms with van der Waals surface area (Å²) < 4.78 is 0. The normalized spacial score (nSPS) is 10.2. The van der Waals surface area contributed by atoms with Gasteiger partial charge in [-0.05, 0) is 43.3 Å². The van der Waals surface area contributed by atoms with Crippen molar-refractivity contribution in [1.82, 2.24) is 15.4 Å². The smallest absolute Gasteiger partial charge is 0.269 e. The van der Waals surface area contributed by atoms with E-state index >= 15 is 0 Å². The minimum absolute atomic E-state index is 0.270. The van der Waals surface area contributed by atoms with E-state index in [1.165, 1.54) is 6.33 Å². The molecule has 2 aromatic carbocycles. The van der Waals surface area contributed by atoms with Crippen molar-refractivity contribution >= 4 is 40.5 Å². The number of nitrogens with one attached hydrogen (secondary N) is 3. The molecule has 0 saturated carbocycles. The highest BCUT2D eigenvalue weighted by Crippen LogP contribution is 2.25. The summed E-state index contributed by atoms with van der Waals surface area (Å²) >= 11 is 5.87. The van der Waals surface area contributed by atoms with Crippen LogP contribution in [-0.2, 0) is 0 Å². The first-order valence-corrected chi connectivity index (χ1v) is 8.17. The van der Waals surface area contributed by atoms with Crippen molar-refractivity contribution in [2.75, 3.05) is 16.5 Å². The van der Waals surface area contributed by atoms with Gasteiger partial charge in [-0.3, -0.25) is 15.6 Å². The molecule has 0 spiro atoms. The molecule has 0 fully saturated rings. The lowest BCUT2D eigenvalue weighted by atomic mass is 10.1. The van der Waals surface area contributed by atoms with E-state index in [0.29, 0.717) is 16.4 Å². The van der Waals surface area contributed by atoms with Gasteiger partial charge in [-0.25, -0.2) is 9.97 Å². The van der Waals surface area contributed by atoms with Gasteiger partial charge in [-0.15, -0.1) is 0 Å². The molecule has 8 heteroatoms. The van der Waals surface area contributed by atoms with E-state index in [1.807, 2.05) is 19.1 Å². The fraction of sp³-hybridized carbons (Fsp3) is 0.0556. The number of rotatable bonds is 5. The number of hydrazine groups is 1. The Labute approximate surface area is 155 Å². The van der Waals surface area contributed by atoms with Crippen LogP contribution < -0.4 is 21.9 Å². The van der Waals surface area contributed by atoms with Gasteiger partial charge in [0.15, 0.2) is 11.6 Å². The Morgan fingerprint density at radius 1 is 1.00 bits per heavy atom. The Hall–Kier alpha value is -3.32. The fourth-order valence-electron chi connectivity index (χ4n) is 2.16. The van der Waals surface area contributed by atoms with Crippen molar-refractivity contribution in [2.45, 2.75) is 6.92 Å². The standard InChI is InChI=1S/C18H17ClN6O/c1-11-2-4-12(5-3-11)18(26)25-24-17-15(20)16(21-10-22-17)23-14-8-6-13(19)7-9-14/h2-10H,20H2,1H3,(H,25,26)(H2,21,22,23,24). The Balaban J connectivity index is 1.69. The predicted octanol–water partition coefficient (Wildman–Crippen LogP) is 3.52. The van der Waals surface area contributed by atoms with Crippen LogP contribution in [-0.4, -0.2) is 15.9 Å². The van der Waals surface area contributed by atoms with Gasteiger partial charge >= 0.3 is 0 Å². The largest absolute Gasteiger partial charge is 0.393 e. The molecule has 0 aliphatic carbocycles. The number of anilines is 4. The van der Waals surface area contributed by atoms with Gasteiger partial charge in [0.1, 0.15) is 12.0 Å². The molecule has 1 amide bonds. The molecule has 3 rings (SSSR count). The maximum atomic E-state index is 12.2. The van der Waals surface area contributed by atoms with Crippen LogP contribution in [0.1, 0.15) is 15.9 Å². The van der Waals surface area contributed by atoms with Gasteiger partial charge in [0, 0.05) is 16.3 Å². The van der Waals surface area contributed by atoms with Gasteiger partial charge in [0.05, 0.1) is 0 Å². The van der Waals surface area contributed by atoms with Crippen LogP contribution in [0.5, 0.6) is 0 Å². The van der Waals surface area contributed by atoms with E-state index in [-0.39, 0.29) is 17.4 Å². The van der Waals surface area contributed by atoms with E-state index in [4.69, 9.17) is 17.3 Å². The number of hydrogen-bond acceptors (Lipinski definition) is 6. The van der Waals surface area contributed by atoms with Crippen LogP contribution in [0.15, 0.2) is 54.9 Å². The zero-order valence-electron chi connectivity index (χ0n) is 14.0. The van der Waals surface area contributed by atoms with E-state index in [2.05, 4.69) is 26.1 Å². The molecular formula is C18H17ClN6O. The molecule has 0 bridgehead atoms. The van der Waals surface area contributed by atoms with Crippen LogP contribution in [0.2, 0.25) is 5.02 Å². The molecule has 0 saturated heterocycles. The van der Waals surface area contributed by atoms with Gasteiger partial charge < -0.3 is 11.1 Å². The zero-order chi connectivity index (χ0) is 18.5. The average molecular weight is 369 g/mol. The molecule has 0 radical (unpaired) electrons. The van der Waals surface area contributed by atoms with E-state index in [1.54, 1.807) is 36.4 Å². The van der Waals surface area contributed by atoms with Gasteiger partial charge in [0.25, 0.3) is 5.91 Å². The third kappa shape index (κ3) is 4.20. The van der Waals surface area contributed by atoms with Crippen LogP contribution in [0.3, 0.4) is 0 Å². The fourth-order valence-corrected chi connectivity index (χ4v) is 2.28. The summed E-state index contributed by atoms with van der Waals surface area (Å²) in [7, 11) is 0. The highest BCUT2D eigenvalue weighted by Gasteiger charge is 2.10. The number of carbonyl (C=O) groups is 1. The van der Waals surface area contributed by atoms with Crippen molar-refractivity contribution in [3.63, 3.8) is 0 Å². The summed E-state index contributed by atoms with van der Waals surface area (Å²) in [4.78, 5) is 20.3. The number of amides is 1. The van der Waals surface area contributed by atoms with E-state index in [9.17, 15) is 4.79 Å². The van der Waals surface area contributed by atoms with Crippen LogP contribution in [0.4, 0.5) is 23.0 Å². The number of nitrogen functional groups attached to an aromatic ring is 1. The minimum atomic E-state index is -0.296. The van der Waals surface area contributed by atoms with Gasteiger partial charge in [-0.2, -0.15) is 0 Å². The van der Waals surface area contributed by atoms with Crippen molar-refractivity contribution in [1.29, 1.82) is 0 Å². The topological polar surface area (TPSA) is 105 Å². The number of aromatic nitrogens is 2. The monoisotopic (exact) mass is 368 g/mol. The molecule has 0 atom stereocenters. The molecule has 7 nitrogen and oxygen atoms in total. The number of hydrogen-bond donors (Lipinski definition) is 4. The predicted molar refractivity (Wildman–Crippen MR) is 103 cm³/mol. The third-order valence-electron chi connectivity index (χ3n) is 3.60. The van der Waals surface area contributed by atoms with Gasteiger partial charge in [-0.1, -0.05) is 29.3 Å². The number of nitrogens with zero attached hydrogens (tertiary/aromatic N) is 2. The van der Waals surface area contributed by atoms with E-state index in [0.717, 1.165) is 11.3 Å². The van der Waals surface area contributed by atoms with E-state index < -0.39 is 0 Å². The molecule has 1 heterocycles.